The zero-order valence-electron chi connectivity index (χ0n) is 13.7. The number of anilines is 1. The van der Waals surface area contributed by atoms with E-state index < -0.39 is 0 Å². The first-order valence-corrected chi connectivity index (χ1v) is 9.39. The second-order valence-electron chi connectivity index (χ2n) is 6.15. The first-order valence-electron chi connectivity index (χ1n) is 8.51. The lowest BCUT2D eigenvalue weighted by molar-refractivity contribution is 0.539. The van der Waals surface area contributed by atoms with Crippen molar-refractivity contribution in [2.45, 2.75) is 12.8 Å². The monoisotopic (exact) mass is 350 g/mol. The quantitative estimate of drug-likeness (QED) is 0.576. The van der Waals surface area contributed by atoms with E-state index in [0.717, 1.165) is 42.0 Å². The van der Waals surface area contributed by atoms with Gasteiger partial charge in [0.05, 0.1) is 22.5 Å². The zero-order valence-corrected chi connectivity index (χ0v) is 14.5. The predicted octanol–water partition coefficient (Wildman–Crippen LogP) is 4.79. The summed E-state index contributed by atoms with van der Waals surface area (Å²) >= 11 is 1.72. The van der Waals surface area contributed by atoms with E-state index in [-0.39, 0.29) is 0 Å². The Morgan fingerprint density at radius 3 is 2.68 bits per heavy atom. The highest BCUT2D eigenvalue weighted by molar-refractivity contribution is 7.13. The van der Waals surface area contributed by atoms with Crippen LogP contribution in [0.2, 0.25) is 0 Å². The van der Waals surface area contributed by atoms with Gasteiger partial charge in [-0.3, -0.25) is 0 Å². The normalized spacial score (nSPS) is 14.5. The number of H-pyrrole nitrogens is 1. The summed E-state index contributed by atoms with van der Waals surface area (Å²) in [6, 6.07) is 12.2. The molecule has 0 radical (unpaired) electrons. The summed E-state index contributed by atoms with van der Waals surface area (Å²) in [5, 5.41) is 2.10. The smallest absolute Gasteiger partial charge is 0.213 e. The van der Waals surface area contributed by atoms with Crippen LogP contribution in [0.4, 0.5) is 5.95 Å². The van der Waals surface area contributed by atoms with Gasteiger partial charge in [0.15, 0.2) is 0 Å². The standard InChI is InChI=1S/C19H18N4OS/c1-2-11-22(10-1)19-21-17(14-6-3-9-20-14)18(15-7-5-13-25-15)23(19)16-8-4-12-24-16/h3-9,12-13,20H,1-2,10-11H2. The van der Waals surface area contributed by atoms with E-state index in [1.807, 2.05) is 24.4 Å². The van der Waals surface area contributed by atoms with Crippen molar-refractivity contribution in [2.24, 2.45) is 0 Å². The zero-order chi connectivity index (χ0) is 16.6. The fraction of sp³-hybridized carbons (Fsp3) is 0.211. The van der Waals surface area contributed by atoms with Crippen molar-refractivity contribution in [1.29, 1.82) is 0 Å². The van der Waals surface area contributed by atoms with E-state index in [4.69, 9.17) is 9.40 Å². The van der Waals surface area contributed by atoms with Crippen molar-refractivity contribution in [3.05, 3.63) is 54.2 Å². The van der Waals surface area contributed by atoms with Crippen molar-refractivity contribution in [2.75, 3.05) is 18.0 Å². The Balaban J connectivity index is 1.81. The van der Waals surface area contributed by atoms with Crippen LogP contribution < -0.4 is 4.90 Å². The lowest BCUT2D eigenvalue weighted by atomic mass is 10.2. The highest BCUT2D eigenvalue weighted by Gasteiger charge is 2.27. The van der Waals surface area contributed by atoms with Gasteiger partial charge in [-0.2, -0.15) is 0 Å². The van der Waals surface area contributed by atoms with Crippen LogP contribution in [0.5, 0.6) is 0 Å². The van der Waals surface area contributed by atoms with Gasteiger partial charge in [0.1, 0.15) is 5.69 Å². The Morgan fingerprint density at radius 2 is 2.00 bits per heavy atom. The van der Waals surface area contributed by atoms with E-state index in [0.29, 0.717) is 0 Å². The number of thiophene rings is 1. The molecule has 1 aliphatic rings. The Bertz CT molecular complexity index is 946. The van der Waals surface area contributed by atoms with Crippen LogP contribution in [-0.2, 0) is 0 Å². The topological polar surface area (TPSA) is 50.0 Å². The minimum Gasteiger partial charge on any atom is -0.448 e. The maximum absolute atomic E-state index is 5.78. The number of furan rings is 1. The molecule has 5 nitrogen and oxygen atoms in total. The summed E-state index contributed by atoms with van der Waals surface area (Å²) in [6.07, 6.45) is 6.07. The van der Waals surface area contributed by atoms with Gasteiger partial charge in [0.25, 0.3) is 0 Å². The molecule has 25 heavy (non-hydrogen) atoms. The molecule has 0 aliphatic carbocycles. The number of aromatic amines is 1. The molecular weight excluding hydrogens is 332 g/mol. The van der Waals surface area contributed by atoms with E-state index in [1.165, 1.54) is 17.7 Å². The molecule has 0 amide bonds. The molecule has 1 aliphatic heterocycles. The third kappa shape index (κ3) is 2.41. The predicted molar refractivity (Wildman–Crippen MR) is 100 cm³/mol. The SMILES string of the molecule is c1c[nH]c(-c2nc(N3CCCC3)n(-c3ccco3)c2-c2cccs2)c1. The van der Waals surface area contributed by atoms with Gasteiger partial charge in [-0.15, -0.1) is 11.3 Å². The van der Waals surface area contributed by atoms with Gasteiger partial charge in [-0.25, -0.2) is 9.55 Å². The minimum absolute atomic E-state index is 0.801. The van der Waals surface area contributed by atoms with Crippen LogP contribution in [-0.4, -0.2) is 27.6 Å². The molecule has 1 N–H and O–H groups in total. The second kappa shape index (κ2) is 5.97. The highest BCUT2D eigenvalue weighted by atomic mass is 32.1. The summed E-state index contributed by atoms with van der Waals surface area (Å²) < 4.78 is 7.94. The molecule has 4 aromatic heterocycles. The lowest BCUT2D eigenvalue weighted by Crippen LogP contribution is -2.21. The molecule has 126 valence electrons. The van der Waals surface area contributed by atoms with Gasteiger partial charge < -0.3 is 14.3 Å². The van der Waals surface area contributed by atoms with E-state index in [2.05, 4.69) is 38.0 Å². The molecule has 6 heteroatoms. The summed E-state index contributed by atoms with van der Waals surface area (Å²) in [5.41, 5.74) is 3.06. The van der Waals surface area contributed by atoms with Crippen molar-refractivity contribution in [3.8, 4) is 27.8 Å². The fourth-order valence-corrected chi connectivity index (χ4v) is 4.21. The average Bonchev–Trinajstić information content (AvgIpc) is 3.48. The van der Waals surface area contributed by atoms with Crippen LogP contribution in [0.25, 0.3) is 27.8 Å². The van der Waals surface area contributed by atoms with Crippen molar-refractivity contribution in [3.63, 3.8) is 0 Å². The largest absolute Gasteiger partial charge is 0.448 e. The van der Waals surface area contributed by atoms with Crippen LogP contribution in [0.3, 0.4) is 0 Å². The first kappa shape index (κ1) is 14.6. The molecule has 5 rings (SSSR count). The van der Waals surface area contributed by atoms with Gasteiger partial charge in [0, 0.05) is 25.4 Å². The first-order chi connectivity index (χ1) is 12.4. The number of nitrogens with zero attached hydrogens (tertiary/aromatic N) is 3. The van der Waals surface area contributed by atoms with Crippen molar-refractivity contribution in [1.82, 2.24) is 14.5 Å². The summed E-state index contributed by atoms with van der Waals surface area (Å²) in [6.45, 7) is 2.07. The second-order valence-corrected chi connectivity index (χ2v) is 7.10. The molecule has 0 unspecified atom stereocenters. The highest BCUT2D eigenvalue weighted by Crippen LogP contribution is 2.40. The Hall–Kier alpha value is -2.73. The third-order valence-electron chi connectivity index (χ3n) is 4.58. The van der Waals surface area contributed by atoms with E-state index in [1.54, 1.807) is 17.6 Å². The molecule has 0 atom stereocenters. The Labute approximate surface area is 149 Å². The lowest BCUT2D eigenvalue weighted by Gasteiger charge is -2.17. The molecule has 4 aromatic rings. The number of rotatable bonds is 4. The molecular formula is C19H18N4OS. The molecule has 1 saturated heterocycles. The van der Waals surface area contributed by atoms with E-state index >= 15 is 0 Å². The number of imidazole rings is 1. The molecule has 1 fully saturated rings. The van der Waals surface area contributed by atoms with Crippen molar-refractivity contribution < 1.29 is 4.42 Å². The average molecular weight is 350 g/mol. The molecule has 5 heterocycles. The van der Waals surface area contributed by atoms with Gasteiger partial charge >= 0.3 is 0 Å². The number of hydrogen-bond acceptors (Lipinski definition) is 4. The molecule has 0 saturated carbocycles. The Kier molecular flexibility index (Phi) is 3.48. The molecule has 0 bridgehead atoms. The minimum atomic E-state index is 0.801. The van der Waals surface area contributed by atoms with Crippen molar-refractivity contribution >= 4 is 17.3 Å². The van der Waals surface area contributed by atoms with Gasteiger partial charge in [0.2, 0.25) is 11.8 Å². The number of nitrogens with one attached hydrogen (secondary N) is 1. The summed E-state index contributed by atoms with van der Waals surface area (Å²) in [4.78, 5) is 11.9. The maximum atomic E-state index is 5.78. The molecule has 0 spiro atoms. The van der Waals surface area contributed by atoms with Crippen LogP contribution in [0, 0.1) is 0 Å². The maximum Gasteiger partial charge on any atom is 0.213 e. The number of hydrogen-bond donors (Lipinski definition) is 1. The third-order valence-corrected chi connectivity index (χ3v) is 5.46. The summed E-state index contributed by atoms with van der Waals surface area (Å²) in [7, 11) is 0. The van der Waals surface area contributed by atoms with E-state index in [9.17, 15) is 0 Å². The summed E-state index contributed by atoms with van der Waals surface area (Å²) in [5.74, 6) is 1.76. The van der Waals surface area contributed by atoms with Crippen LogP contribution in [0.1, 0.15) is 12.8 Å². The Morgan fingerprint density at radius 1 is 1.08 bits per heavy atom. The fourth-order valence-electron chi connectivity index (χ4n) is 3.45. The number of aromatic nitrogens is 3. The van der Waals surface area contributed by atoms with Crippen LogP contribution >= 0.6 is 11.3 Å². The van der Waals surface area contributed by atoms with Gasteiger partial charge in [-0.1, -0.05) is 6.07 Å². The van der Waals surface area contributed by atoms with Crippen LogP contribution in [0.15, 0.2) is 58.7 Å². The molecule has 0 aromatic carbocycles. The van der Waals surface area contributed by atoms with Gasteiger partial charge in [-0.05, 0) is 42.5 Å².